The Labute approximate surface area is 105 Å². The third kappa shape index (κ3) is 2.30. The molecule has 0 aromatic heterocycles. The van der Waals surface area contributed by atoms with Gasteiger partial charge in [0.15, 0.2) is 0 Å². The Kier molecular flexibility index (Phi) is 4.01. The van der Waals surface area contributed by atoms with Gasteiger partial charge in [-0.15, -0.1) is 6.58 Å². The second-order valence-corrected chi connectivity index (χ2v) is 5.16. The fourth-order valence-corrected chi connectivity index (χ4v) is 3.48. The summed E-state index contributed by atoms with van der Waals surface area (Å²) in [4.78, 5) is 0. The quantitative estimate of drug-likeness (QED) is 0.762. The first-order valence-corrected chi connectivity index (χ1v) is 6.64. The lowest BCUT2D eigenvalue weighted by Gasteiger charge is -2.35. The summed E-state index contributed by atoms with van der Waals surface area (Å²) in [5.41, 5.74) is 1.82. The molecule has 1 saturated carbocycles. The van der Waals surface area contributed by atoms with Crippen molar-refractivity contribution in [3.8, 4) is 0 Å². The molecule has 0 spiro atoms. The molecule has 0 aliphatic heterocycles. The summed E-state index contributed by atoms with van der Waals surface area (Å²) >= 11 is 0. The van der Waals surface area contributed by atoms with Crippen LogP contribution in [0.25, 0.3) is 0 Å². The Morgan fingerprint density at radius 2 is 2.18 bits per heavy atom. The molecule has 1 fully saturated rings. The monoisotopic (exact) mass is 229 g/mol. The molecule has 2 atom stereocenters. The average molecular weight is 229 g/mol. The number of allylic oxidation sites excluding steroid dienone is 1. The maximum absolute atomic E-state index is 3.97. The van der Waals surface area contributed by atoms with Gasteiger partial charge in [0.25, 0.3) is 0 Å². The molecule has 1 aromatic rings. The first-order chi connectivity index (χ1) is 8.33. The van der Waals surface area contributed by atoms with Crippen molar-refractivity contribution < 1.29 is 0 Å². The molecule has 0 saturated heterocycles. The molecule has 1 N–H and O–H groups in total. The van der Waals surface area contributed by atoms with Crippen molar-refractivity contribution >= 4 is 0 Å². The molecule has 0 amide bonds. The van der Waals surface area contributed by atoms with Crippen molar-refractivity contribution in [1.29, 1.82) is 0 Å². The Morgan fingerprint density at radius 3 is 2.82 bits per heavy atom. The Bertz CT molecular complexity index is 357. The van der Waals surface area contributed by atoms with Gasteiger partial charge in [0.2, 0.25) is 0 Å². The van der Waals surface area contributed by atoms with Gasteiger partial charge in [-0.1, -0.05) is 42.8 Å². The molecule has 0 heterocycles. The van der Waals surface area contributed by atoms with Crippen LogP contribution in [0.15, 0.2) is 43.0 Å². The van der Waals surface area contributed by atoms with Gasteiger partial charge in [-0.25, -0.2) is 0 Å². The number of hydrogen-bond donors (Lipinski definition) is 1. The van der Waals surface area contributed by atoms with E-state index in [0.29, 0.717) is 5.41 Å². The number of nitrogens with one attached hydrogen (secondary N) is 1. The van der Waals surface area contributed by atoms with E-state index >= 15 is 0 Å². The van der Waals surface area contributed by atoms with Gasteiger partial charge in [0.1, 0.15) is 0 Å². The van der Waals surface area contributed by atoms with Crippen LogP contribution in [-0.4, -0.2) is 13.6 Å². The molecule has 1 aliphatic carbocycles. The zero-order valence-corrected chi connectivity index (χ0v) is 10.8. The molecule has 92 valence electrons. The molecule has 17 heavy (non-hydrogen) atoms. The van der Waals surface area contributed by atoms with E-state index < -0.39 is 0 Å². The standard InChI is InChI=1S/C16H23N/c1-3-11-16(14-8-5-4-6-9-14)12-7-10-15(16)13-17-2/h3-6,8-9,15,17H,1,7,10-13H2,2H3. The van der Waals surface area contributed by atoms with Crippen molar-refractivity contribution in [2.45, 2.75) is 31.1 Å². The van der Waals surface area contributed by atoms with Crippen molar-refractivity contribution in [1.82, 2.24) is 5.32 Å². The van der Waals surface area contributed by atoms with Crippen LogP contribution in [-0.2, 0) is 5.41 Å². The van der Waals surface area contributed by atoms with Crippen molar-refractivity contribution in [3.63, 3.8) is 0 Å². The molecule has 2 rings (SSSR count). The summed E-state index contributed by atoms with van der Waals surface area (Å²) in [5.74, 6) is 0.743. The van der Waals surface area contributed by atoms with Gasteiger partial charge in [-0.05, 0) is 44.3 Å². The van der Waals surface area contributed by atoms with Crippen molar-refractivity contribution in [2.24, 2.45) is 5.92 Å². The molecule has 1 aliphatic rings. The lowest BCUT2D eigenvalue weighted by atomic mass is 9.70. The highest BCUT2D eigenvalue weighted by Gasteiger charge is 2.42. The van der Waals surface area contributed by atoms with Crippen LogP contribution in [0.2, 0.25) is 0 Å². The molecule has 1 nitrogen and oxygen atoms in total. The predicted molar refractivity (Wildman–Crippen MR) is 74.2 cm³/mol. The van der Waals surface area contributed by atoms with E-state index in [9.17, 15) is 0 Å². The van der Waals surface area contributed by atoms with E-state index in [1.165, 1.54) is 24.8 Å². The van der Waals surface area contributed by atoms with Crippen LogP contribution in [0.1, 0.15) is 31.2 Å². The third-order valence-corrected chi connectivity index (χ3v) is 4.26. The second-order valence-electron chi connectivity index (χ2n) is 5.16. The fraction of sp³-hybridized carbons (Fsp3) is 0.500. The molecular formula is C16H23N. The number of rotatable bonds is 5. The smallest absolute Gasteiger partial charge is 0.00276 e. The average Bonchev–Trinajstić information content (AvgIpc) is 2.76. The van der Waals surface area contributed by atoms with Crippen molar-refractivity contribution in [3.05, 3.63) is 48.6 Å². The van der Waals surface area contributed by atoms with E-state index in [1.54, 1.807) is 0 Å². The second kappa shape index (κ2) is 5.50. The Hall–Kier alpha value is -1.08. The van der Waals surface area contributed by atoms with Gasteiger partial charge in [-0.3, -0.25) is 0 Å². The molecule has 0 radical (unpaired) electrons. The maximum Gasteiger partial charge on any atom is 0.00276 e. The number of hydrogen-bond acceptors (Lipinski definition) is 1. The van der Waals surface area contributed by atoms with Crippen LogP contribution in [0.5, 0.6) is 0 Å². The van der Waals surface area contributed by atoms with Gasteiger partial charge >= 0.3 is 0 Å². The van der Waals surface area contributed by atoms with Crippen LogP contribution in [0, 0.1) is 5.92 Å². The van der Waals surface area contributed by atoms with Gasteiger partial charge in [0, 0.05) is 5.41 Å². The Balaban J connectivity index is 2.34. The molecular weight excluding hydrogens is 206 g/mol. The SMILES string of the molecule is C=CCC1(c2ccccc2)CCCC1CNC. The molecule has 2 unspecified atom stereocenters. The fourth-order valence-electron chi connectivity index (χ4n) is 3.48. The van der Waals surface area contributed by atoms with E-state index in [0.717, 1.165) is 18.9 Å². The summed E-state index contributed by atoms with van der Waals surface area (Å²) in [6.45, 7) is 5.08. The minimum absolute atomic E-state index is 0.325. The third-order valence-electron chi connectivity index (χ3n) is 4.26. The highest BCUT2D eigenvalue weighted by molar-refractivity contribution is 5.29. The largest absolute Gasteiger partial charge is 0.319 e. The van der Waals surface area contributed by atoms with Crippen LogP contribution in [0.4, 0.5) is 0 Å². The molecule has 1 heteroatoms. The number of benzene rings is 1. The van der Waals surface area contributed by atoms with E-state index in [1.807, 2.05) is 0 Å². The normalized spacial score (nSPS) is 28.2. The van der Waals surface area contributed by atoms with Crippen LogP contribution < -0.4 is 5.32 Å². The van der Waals surface area contributed by atoms with Crippen molar-refractivity contribution in [2.75, 3.05) is 13.6 Å². The van der Waals surface area contributed by atoms with E-state index in [-0.39, 0.29) is 0 Å². The van der Waals surface area contributed by atoms with Gasteiger partial charge < -0.3 is 5.32 Å². The maximum atomic E-state index is 3.97. The minimum Gasteiger partial charge on any atom is -0.319 e. The molecule has 1 aromatic carbocycles. The highest BCUT2D eigenvalue weighted by atomic mass is 14.8. The zero-order valence-electron chi connectivity index (χ0n) is 10.8. The van der Waals surface area contributed by atoms with E-state index in [4.69, 9.17) is 0 Å². The lowest BCUT2D eigenvalue weighted by molar-refractivity contribution is 0.309. The van der Waals surface area contributed by atoms with Crippen LogP contribution >= 0.6 is 0 Å². The predicted octanol–water partition coefficient (Wildman–Crippen LogP) is 3.52. The van der Waals surface area contributed by atoms with Crippen LogP contribution in [0.3, 0.4) is 0 Å². The first-order valence-electron chi connectivity index (χ1n) is 6.64. The highest BCUT2D eigenvalue weighted by Crippen LogP contribution is 2.48. The summed E-state index contributed by atoms with van der Waals surface area (Å²) < 4.78 is 0. The Morgan fingerprint density at radius 1 is 1.41 bits per heavy atom. The first kappa shape index (κ1) is 12.4. The summed E-state index contributed by atoms with van der Waals surface area (Å²) in [6, 6.07) is 11.0. The summed E-state index contributed by atoms with van der Waals surface area (Å²) in [7, 11) is 2.06. The van der Waals surface area contributed by atoms with E-state index in [2.05, 4.69) is 55.4 Å². The van der Waals surface area contributed by atoms with Gasteiger partial charge in [0.05, 0.1) is 0 Å². The lowest BCUT2D eigenvalue weighted by Crippen LogP contribution is -2.35. The van der Waals surface area contributed by atoms with Gasteiger partial charge in [-0.2, -0.15) is 0 Å². The zero-order chi connectivity index (χ0) is 12.1. The summed E-state index contributed by atoms with van der Waals surface area (Å²) in [6.07, 6.45) is 7.18. The minimum atomic E-state index is 0.325. The summed E-state index contributed by atoms with van der Waals surface area (Å²) in [5, 5.41) is 3.36. The topological polar surface area (TPSA) is 12.0 Å². The molecule has 0 bridgehead atoms.